The molecule has 0 aliphatic heterocycles. The minimum Gasteiger partial charge on any atom is -0.351 e. The number of pyridine rings is 1. The summed E-state index contributed by atoms with van der Waals surface area (Å²) in [5.41, 5.74) is 2.98. The third-order valence-corrected chi connectivity index (χ3v) is 3.35. The highest BCUT2D eigenvalue weighted by molar-refractivity contribution is 6.32. The molecule has 0 aliphatic carbocycles. The van der Waals surface area contributed by atoms with Crippen LogP contribution in [0.25, 0.3) is 0 Å². The molecule has 2 rings (SSSR count). The van der Waals surface area contributed by atoms with Crippen LogP contribution in [-0.4, -0.2) is 37.3 Å². The van der Waals surface area contributed by atoms with Crippen LogP contribution in [-0.2, 0) is 7.05 Å². The smallest absolute Gasteiger partial charge is 0.273 e. The molecule has 0 unspecified atom stereocenters. The second-order valence-corrected chi connectivity index (χ2v) is 5.46. The number of hydrogen-bond acceptors (Lipinski definition) is 3. The zero-order valence-corrected chi connectivity index (χ0v) is 13.2. The Morgan fingerprint density at radius 2 is 1.91 bits per heavy atom. The first-order valence-corrected chi connectivity index (χ1v) is 6.85. The normalized spacial score (nSPS) is 10.4. The number of benzene rings is 1. The van der Waals surface area contributed by atoms with Gasteiger partial charge >= 0.3 is 0 Å². The van der Waals surface area contributed by atoms with Gasteiger partial charge in [0.2, 0.25) is 0 Å². The molecule has 112 valence electrons. The van der Waals surface area contributed by atoms with Crippen molar-refractivity contribution in [3.63, 3.8) is 0 Å². The lowest BCUT2D eigenvalue weighted by atomic mass is 9.98. The molecule has 0 bridgehead atoms. The van der Waals surface area contributed by atoms with Gasteiger partial charge in [-0.3, -0.25) is 9.59 Å². The standard InChI is InChI=1S/C16H18BN3O2/c1-10-7-11(15(21)19(2)3)5-6-13(10)18-14-8-12(17)9-20(4)16(14)22/h5-9,18H,1-4H3. The molecule has 5 nitrogen and oxygen atoms in total. The van der Waals surface area contributed by atoms with E-state index in [0.29, 0.717) is 16.7 Å². The number of hydrogen-bond donors (Lipinski definition) is 1. The summed E-state index contributed by atoms with van der Waals surface area (Å²) < 4.78 is 1.43. The first-order valence-electron chi connectivity index (χ1n) is 6.85. The number of nitrogens with one attached hydrogen (secondary N) is 1. The molecule has 0 aliphatic rings. The lowest BCUT2D eigenvalue weighted by Gasteiger charge is -2.14. The van der Waals surface area contributed by atoms with Gasteiger partial charge in [0.15, 0.2) is 0 Å². The minimum atomic E-state index is -0.165. The summed E-state index contributed by atoms with van der Waals surface area (Å²) in [6.07, 6.45) is 1.57. The highest BCUT2D eigenvalue weighted by Crippen LogP contribution is 2.20. The quantitative estimate of drug-likeness (QED) is 0.857. The fourth-order valence-corrected chi connectivity index (χ4v) is 2.17. The van der Waals surface area contributed by atoms with Crippen LogP contribution in [0.2, 0.25) is 0 Å². The lowest BCUT2D eigenvalue weighted by Crippen LogP contribution is -2.24. The molecule has 0 saturated carbocycles. The van der Waals surface area contributed by atoms with Crippen LogP contribution in [0.15, 0.2) is 35.3 Å². The van der Waals surface area contributed by atoms with Gasteiger partial charge in [0.05, 0.1) is 0 Å². The number of carbonyl (C=O) groups excluding carboxylic acids is 1. The van der Waals surface area contributed by atoms with Crippen molar-refractivity contribution in [3.05, 3.63) is 51.9 Å². The topological polar surface area (TPSA) is 54.3 Å². The van der Waals surface area contributed by atoms with Crippen LogP contribution < -0.4 is 16.3 Å². The Bertz CT molecular complexity index is 781. The Labute approximate surface area is 131 Å². The van der Waals surface area contributed by atoms with Crippen LogP contribution in [0, 0.1) is 6.92 Å². The van der Waals surface area contributed by atoms with E-state index < -0.39 is 0 Å². The van der Waals surface area contributed by atoms with Crippen LogP contribution in [0.1, 0.15) is 15.9 Å². The summed E-state index contributed by atoms with van der Waals surface area (Å²) in [6.45, 7) is 1.88. The van der Waals surface area contributed by atoms with Gasteiger partial charge in [-0.2, -0.15) is 0 Å². The predicted octanol–water partition coefficient (Wildman–Crippen LogP) is 0.933. The maximum absolute atomic E-state index is 12.1. The number of aromatic nitrogens is 1. The predicted molar refractivity (Wildman–Crippen MR) is 89.6 cm³/mol. The number of amides is 1. The van der Waals surface area contributed by atoms with E-state index in [1.807, 2.05) is 6.92 Å². The fraction of sp³-hybridized carbons (Fsp3) is 0.250. The van der Waals surface area contributed by atoms with Crippen LogP contribution in [0.5, 0.6) is 0 Å². The molecule has 1 aromatic carbocycles. The van der Waals surface area contributed by atoms with Crippen LogP contribution in [0.4, 0.5) is 11.4 Å². The van der Waals surface area contributed by atoms with Crippen molar-refractivity contribution in [1.29, 1.82) is 0 Å². The number of carbonyl (C=O) groups is 1. The zero-order valence-electron chi connectivity index (χ0n) is 13.2. The molecule has 0 fully saturated rings. The SMILES string of the molecule is [B]c1cc(Nc2ccc(C(=O)N(C)C)cc2C)c(=O)n(C)c1. The highest BCUT2D eigenvalue weighted by Gasteiger charge is 2.10. The first-order chi connectivity index (χ1) is 10.3. The van der Waals surface area contributed by atoms with Crippen molar-refractivity contribution in [2.45, 2.75) is 6.92 Å². The van der Waals surface area contributed by atoms with Gasteiger partial charge in [-0.15, -0.1) is 0 Å². The molecule has 2 aromatic rings. The summed E-state index contributed by atoms with van der Waals surface area (Å²) in [5, 5.41) is 3.08. The second kappa shape index (κ2) is 6.09. The van der Waals surface area contributed by atoms with Crippen molar-refractivity contribution in [2.24, 2.45) is 7.05 Å². The number of anilines is 2. The molecule has 6 heteroatoms. The molecule has 0 spiro atoms. The Hall–Kier alpha value is -2.50. The van der Waals surface area contributed by atoms with E-state index in [9.17, 15) is 9.59 Å². The van der Waals surface area contributed by atoms with Crippen LogP contribution in [0.3, 0.4) is 0 Å². The average Bonchev–Trinajstić information content (AvgIpc) is 2.45. The largest absolute Gasteiger partial charge is 0.351 e. The second-order valence-electron chi connectivity index (χ2n) is 5.46. The Balaban J connectivity index is 2.36. The van der Waals surface area contributed by atoms with Crippen LogP contribution >= 0.6 is 0 Å². The molecule has 2 radical (unpaired) electrons. The van der Waals surface area contributed by atoms with Crippen molar-refractivity contribution in [3.8, 4) is 0 Å². The van der Waals surface area contributed by atoms with Crippen molar-refractivity contribution >= 4 is 30.6 Å². The molecule has 0 saturated heterocycles. The Morgan fingerprint density at radius 1 is 1.23 bits per heavy atom. The van der Waals surface area contributed by atoms with E-state index in [1.165, 1.54) is 9.47 Å². The average molecular weight is 295 g/mol. The third-order valence-electron chi connectivity index (χ3n) is 3.35. The molecule has 0 atom stereocenters. The Morgan fingerprint density at radius 3 is 2.50 bits per heavy atom. The van der Waals surface area contributed by atoms with E-state index >= 15 is 0 Å². The summed E-state index contributed by atoms with van der Waals surface area (Å²) in [7, 11) is 10.8. The molecule has 1 amide bonds. The molecular weight excluding hydrogens is 277 g/mol. The molecule has 22 heavy (non-hydrogen) atoms. The molecule has 1 aromatic heterocycles. The summed E-state index contributed by atoms with van der Waals surface area (Å²) >= 11 is 0. The molecular formula is C16H18BN3O2. The van der Waals surface area contributed by atoms with Crippen molar-refractivity contribution in [1.82, 2.24) is 9.47 Å². The van der Waals surface area contributed by atoms with E-state index in [-0.39, 0.29) is 11.5 Å². The van der Waals surface area contributed by atoms with Gasteiger partial charge in [0.25, 0.3) is 11.5 Å². The van der Waals surface area contributed by atoms with Gasteiger partial charge < -0.3 is 14.8 Å². The summed E-state index contributed by atoms with van der Waals surface area (Å²) in [4.78, 5) is 25.6. The molecule has 1 heterocycles. The van der Waals surface area contributed by atoms with E-state index in [0.717, 1.165) is 11.3 Å². The van der Waals surface area contributed by atoms with Crippen molar-refractivity contribution in [2.75, 3.05) is 19.4 Å². The lowest BCUT2D eigenvalue weighted by molar-refractivity contribution is 0.0827. The van der Waals surface area contributed by atoms with Crippen molar-refractivity contribution < 1.29 is 4.79 Å². The minimum absolute atomic E-state index is 0.0606. The van der Waals surface area contributed by atoms with Gasteiger partial charge in [0.1, 0.15) is 13.5 Å². The highest BCUT2D eigenvalue weighted by atomic mass is 16.2. The number of nitrogens with zero attached hydrogens (tertiary/aromatic N) is 2. The fourth-order valence-electron chi connectivity index (χ4n) is 2.17. The molecule has 1 N–H and O–H groups in total. The van der Waals surface area contributed by atoms with E-state index in [2.05, 4.69) is 5.32 Å². The Kier molecular flexibility index (Phi) is 4.40. The number of rotatable bonds is 3. The van der Waals surface area contributed by atoms with Gasteiger partial charge in [-0.05, 0) is 42.9 Å². The summed E-state index contributed by atoms with van der Waals surface area (Å²) in [5.74, 6) is -0.0606. The van der Waals surface area contributed by atoms with E-state index in [1.54, 1.807) is 51.6 Å². The van der Waals surface area contributed by atoms with E-state index in [4.69, 9.17) is 7.85 Å². The zero-order chi connectivity index (χ0) is 16.4. The summed E-state index contributed by atoms with van der Waals surface area (Å²) in [6, 6.07) is 6.91. The monoisotopic (exact) mass is 295 g/mol. The third kappa shape index (κ3) is 3.22. The maximum atomic E-state index is 12.1. The maximum Gasteiger partial charge on any atom is 0.273 e. The van der Waals surface area contributed by atoms with Gasteiger partial charge in [0, 0.05) is 32.4 Å². The van der Waals surface area contributed by atoms with Gasteiger partial charge in [-0.25, -0.2) is 0 Å². The first kappa shape index (κ1) is 15.9. The van der Waals surface area contributed by atoms with Gasteiger partial charge in [-0.1, -0.05) is 5.46 Å². The number of aryl methyl sites for hydroxylation is 2.